The van der Waals surface area contributed by atoms with Crippen LogP contribution in [0.25, 0.3) is 0 Å². The summed E-state index contributed by atoms with van der Waals surface area (Å²) in [5.41, 5.74) is 0.917. The minimum absolute atomic E-state index is 0.200. The van der Waals surface area contributed by atoms with Gasteiger partial charge in [-0.2, -0.15) is 0 Å². The summed E-state index contributed by atoms with van der Waals surface area (Å²) in [5.74, 6) is 2.28. The molecule has 0 saturated heterocycles. The number of fused-ring (bicyclic) bond motifs is 1. The summed E-state index contributed by atoms with van der Waals surface area (Å²) >= 11 is 6.19. The van der Waals surface area contributed by atoms with E-state index in [2.05, 4.69) is 5.32 Å². The minimum Gasteiger partial charge on any atom is -0.313 e. The van der Waals surface area contributed by atoms with Gasteiger partial charge in [0.1, 0.15) is 5.82 Å². The summed E-state index contributed by atoms with van der Waals surface area (Å²) in [4.78, 5) is 0. The lowest BCUT2D eigenvalue weighted by molar-refractivity contribution is 0.358. The van der Waals surface area contributed by atoms with Crippen LogP contribution in [-0.2, 0) is 0 Å². The Balaban J connectivity index is 1.86. The average molecular weight is 254 g/mol. The number of benzene rings is 1. The maximum atomic E-state index is 13.3. The van der Waals surface area contributed by atoms with Gasteiger partial charge in [-0.05, 0) is 67.8 Å². The van der Waals surface area contributed by atoms with E-state index < -0.39 is 0 Å². The van der Waals surface area contributed by atoms with Gasteiger partial charge >= 0.3 is 0 Å². The largest absolute Gasteiger partial charge is 0.313 e. The molecule has 2 aliphatic carbocycles. The fraction of sp³-hybridized carbons (Fsp3) is 0.571. The lowest BCUT2D eigenvalue weighted by Gasteiger charge is -2.25. The number of hydrogen-bond acceptors (Lipinski definition) is 1. The third-order valence-corrected chi connectivity index (χ3v) is 4.70. The van der Waals surface area contributed by atoms with E-state index in [0.29, 0.717) is 10.9 Å². The first-order chi connectivity index (χ1) is 8.19. The molecule has 0 amide bonds. The van der Waals surface area contributed by atoms with Gasteiger partial charge < -0.3 is 5.32 Å². The quantitative estimate of drug-likeness (QED) is 0.864. The van der Waals surface area contributed by atoms with Gasteiger partial charge in [-0.25, -0.2) is 4.39 Å². The monoisotopic (exact) mass is 253 g/mol. The van der Waals surface area contributed by atoms with Gasteiger partial charge in [0, 0.05) is 11.1 Å². The highest BCUT2D eigenvalue weighted by atomic mass is 35.5. The third kappa shape index (κ3) is 2.09. The highest BCUT2D eigenvalue weighted by Gasteiger charge is 2.48. The Hall–Kier alpha value is -0.600. The van der Waals surface area contributed by atoms with E-state index in [0.717, 1.165) is 17.4 Å². The van der Waals surface area contributed by atoms with Gasteiger partial charge in [0.2, 0.25) is 0 Å². The normalized spacial score (nSPS) is 32.3. The summed E-state index contributed by atoms with van der Waals surface area (Å²) in [6.07, 6.45) is 3.94. The van der Waals surface area contributed by atoms with Crippen molar-refractivity contribution >= 4 is 11.6 Å². The highest BCUT2D eigenvalue weighted by Crippen LogP contribution is 2.57. The summed E-state index contributed by atoms with van der Waals surface area (Å²) < 4.78 is 13.3. The lowest BCUT2D eigenvalue weighted by Crippen LogP contribution is -2.25. The van der Waals surface area contributed by atoms with Gasteiger partial charge in [-0.3, -0.25) is 0 Å². The molecule has 2 aliphatic rings. The predicted molar refractivity (Wildman–Crippen MR) is 67.5 cm³/mol. The molecule has 3 heteroatoms. The van der Waals surface area contributed by atoms with Crippen molar-refractivity contribution in [1.82, 2.24) is 5.32 Å². The molecule has 1 aromatic carbocycles. The Bertz CT molecular complexity index is 424. The predicted octanol–water partition coefficient (Wildman–Crippen LogP) is 3.79. The van der Waals surface area contributed by atoms with E-state index in [1.807, 2.05) is 7.05 Å². The molecule has 1 N–H and O–H groups in total. The first-order valence-electron chi connectivity index (χ1n) is 6.31. The van der Waals surface area contributed by atoms with Crippen molar-refractivity contribution in [1.29, 1.82) is 0 Å². The molecular formula is C14H17ClFN. The van der Waals surface area contributed by atoms with Crippen LogP contribution >= 0.6 is 11.6 Å². The average Bonchev–Trinajstić information content (AvgIpc) is 2.92. The van der Waals surface area contributed by atoms with Crippen molar-refractivity contribution < 1.29 is 4.39 Å². The third-order valence-electron chi connectivity index (χ3n) is 4.36. The number of hydrogen-bond donors (Lipinski definition) is 1. The van der Waals surface area contributed by atoms with Crippen LogP contribution < -0.4 is 5.32 Å². The number of rotatable bonds is 3. The van der Waals surface area contributed by atoms with Crippen molar-refractivity contribution in [2.24, 2.45) is 17.8 Å². The first-order valence-corrected chi connectivity index (χ1v) is 6.69. The van der Waals surface area contributed by atoms with Crippen LogP contribution in [0.5, 0.6) is 0 Å². The highest BCUT2D eigenvalue weighted by molar-refractivity contribution is 6.31. The number of halogens is 2. The van der Waals surface area contributed by atoms with Gasteiger partial charge in [0.15, 0.2) is 0 Å². The van der Waals surface area contributed by atoms with Crippen molar-refractivity contribution in [3.05, 3.63) is 34.6 Å². The molecule has 17 heavy (non-hydrogen) atoms. The molecule has 3 unspecified atom stereocenters. The van der Waals surface area contributed by atoms with Crippen molar-refractivity contribution in [2.45, 2.75) is 25.3 Å². The smallest absolute Gasteiger partial charge is 0.123 e. The van der Waals surface area contributed by atoms with Crippen LogP contribution in [0.15, 0.2) is 18.2 Å². The second-order valence-corrected chi connectivity index (χ2v) is 5.83. The van der Waals surface area contributed by atoms with Crippen molar-refractivity contribution in [3.63, 3.8) is 0 Å². The van der Waals surface area contributed by atoms with Crippen LogP contribution in [-0.4, -0.2) is 7.05 Å². The summed E-state index contributed by atoms with van der Waals surface area (Å²) in [6.45, 7) is 0. The molecule has 0 radical (unpaired) electrons. The maximum Gasteiger partial charge on any atom is 0.123 e. The van der Waals surface area contributed by atoms with Crippen molar-refractivity contribution in [2.75, 3.05) is 7.05 Å². The second-order valence-electron chi connectivity index (χ2n) is 5.42. The number of nitrogens with one attached hydrogen (secondary N) is 1. The molecule has 0 aliphatic heterocycles. The van der Waals surface area contributed by atoms with E-state index in [4.69, 9.17) is 11.6 Å². The summed E-state index contributed by atoms with van der Waals surface area (Å²) in [7, 11) is 1.94. The molecule has 3 rings (SSSR count). The zero-order valence-corrected chi connectivity index (χ0v) is 10.7. The lowest BCUT2D eigenvalue weighted by atomic mass is 9.89. The van der Waals surface area contributed by atoms with E-state index in [1.54, 1.807) is 12.1 Å². The molecular weight excluding hydrogens is 237 g/mol. The first kappa shape index (κ1) is 11.5. The molecule has 3 atom stereocenters. The van der Waals surface area contributed by atoms with Gasteiger partial charge in [-0.1, -0.05) is 11.6 Å². The Labute approximate surface area is 106 Å². The van der Waals surface area contributed by atoms with E-state index in [9.17, 15) is 4.39 Å². The summed E-state index contributed by atoms with van der Waals surface area (Å²) in [6, 6.07) is 4.86. The van der Waals surface area contributed by atoms with Crippen LogP contribution in [0.3, 0.4) is 0 Å². The van der Waals surface area contributed by atoms with Gasteiger partial charge in [-0.15, -0.1) is 0 Å². The Kier molecular flexibility index (Phi) is 2.87. The maximum absolute atomic E-state index is 13.3. The Morgan fingerprint density at radius 1 is 1.29 bits per heavy atom. The SMILES string of the molecule is CNC(c1cc(F)ccc1Cl)C1CC2CC2C1. The van der Waals surface area contributed by atoms with Crippen LogP contribution in [0, 0.1) is 23.6 Å². The molecule has 1 nitrogen and oxygen atoms in total. The van der Waals surface area contributed by atoms with Crippen LogP contribution in [0.4, 0.5) is 4.39 Å². The van der Waals surface area contributed by atoms with E-state index >= 15 is 0 Å². The molecule has 1 aromatic rings. The van der Waals surface area contributed by atoms with E-state index in [1.165, 1.54) is 25.3 Å². The molecule has 0 spiro atoms. The standard InChI is InChI=1S/C14H17ClFN/c1-17-14(10-5-8-4-9(8)6-10)12-7-11(16)2-3-13(12)15/h2-3,7-10,14,17H,4-6H2,1H3. The molecule has 0 bridgehead atoms. The second kappa shape index (κ2) is 4.25. The van der Waals surface area contributed by atoms with Crippen LogP contribution in [0.1, 0.15) is 30.9 Å². The zero-order chi connectivity index (χ0) is 12.0. The van der Waals surface area contributed by atoms with Gasteiger partial charge in [0.25, 0.3) is 0 Å². The Morgan fingerprint density at radius 2 is 2.00 bits per heavy atom. The summed E-state index contributed by atoms with van der Waals surface area (Å²) in [5, 5.41) is 3.99. The fourth-order valence-electron chi connectivity index (χ4n) is 3.43. The van der Waals surface area contributed by atoms with Gasteiger partial charge in [0.05, 0.1) is 0 Å². The molecule has 2 fully saturated rings. The topological polar surface area (TPSA) is 12.0 Å². The minimum atomic E-state index is -0.201. The molecule has 92 valence electrons. The molecule has 0 heterocycles. The molecule has 0 aromatic heterocycles. The van der Waals surface area contributed by atoms with Crippen LogP contribution in [0.2, 0.25) is 5.02 Å². The Morgan fingerprint density at radius 3 is 2.65 bits per heavy atom. The molecule has 2 saturated carbocycles. The van der Waals surface area contributed by atoms with Crippen molar-refractivity contribution in [3.8, 4) is 0 Å². The zero-order valence-electron chi connectivity index (χ0n) is 9.92. The van der Waals surface area contributed by atoms with E-state index in [-0.39, 0.29) is 11.9 Å². The fourth-order valence-corrected chi connectivity index (χ4v) is 3.67.